The number of carbonyl (C=O) groups is 1. The average molecular weight is 190 g/mol. The van der Waals surface area contributed by atoms with Crippen molar-refractivity contribution >= 4 is 6.29 Å². The molecule has 2 aliphatic rings. The third-order valence-electron chi connectivity index (χ3n) is 4.12. The van der Waals surface area contributed by atoms with E-state index >= 15 is 0 Å². The summed E-state index contributed by atoms with van der Waals surface area (Å²) in [5.41, 5.74) is 1.59. The Balaban J connectivity index is 2.32. The second-order valence-corrected chi connectivity index (χ2v) is 5.24. The second-order valence-electron chi connectivity index (χ2n) is 5.24. The van der Waals surface area contributed by atoms with Crippen molar-refractivity contribution in [3.63, 3.8) is 0 Å². The van der Waals surface area contributed by atoms with E-state index < -0.39 is 0 Å². The summed E-state index contributed by atoms with van der Waals surface area (Å²) >= 11 is 0. The van der Waals surface area contributed by atoms with Crippen molar-refractivity contribution < 1.29 is 4.79 Å². The highest BCUT2D eigenvalue weighted by Gasteiger charge is 2.50. The summed E-state index contributed by atoms with van der Waals surface area (Å²) in [6.45, 7) is 6.75. The smallest absolute Gasteiger partial charge is 0.142 e. The van der Waals surface area contributed by atoms with Gasteiger partial charge >= 0.3 is 0 Å². The summed E-state index contributed by atoms with van der Waals surface area (Å²) in [5.74, 6) is 1.96. The molecule has 0 heterocycles. The molecule has 2 rings (SSSR count). The van der Waals surface area contributed by atoms with E-state index in [2.05, 4.69) is 32.9 Å². The first-order valence-electron chi connectivity index (χ1n) is 5.37. The Morgan fingerprint density at radius 3 is 2.64 bits per heavy atom. The van der Waals surface area contributed by atoms with Crippen molar-refractivity contribution in [2.24, 2.45) is 23.2 Å². The van der Waals surface area contributed by atoms with Crippen molar-refractivity contribution in [3.8, 4) is 0 Å². The van der Waals surface area contributed by atoms with Crippen molar-refractivity contribution in [2.75, 3.05) is 0 Å². The molecule has 0 spiro atoms. The van der Waals surface area contributed by atoms with E-state index in [9.17, 15) is 4.79 Å². The van der Waals surface area contributed by atoms with Gasteiger partial charge in [0.2, 0.25) is 0 Å². The molecule has 14 heavy (non-hydrogen) atoms. The van der Waals surface area contributed by atoms with Gasteiger partial charge in [-0.25, -0.2) is 0 Å². The van der Waals surface area contributed by atoms with E-state index in [1.54, 1.807) is 6.08 Å². The summed E-state index contributed by atoms with van der Waals surface area (Å²) in [6.07, 6.45) is 8.63. The Morgan fingerprint density at radius 1 is 1.43 bits per heavy atom. The molecule has 1 nitrogen and oxygen atoms in total. The van der Waals surface area contributed by atoms with E-state index in [1.807, 2.05) is 0 Å². The lowest BCUT2D eigenvalue weighted by Gasteiger charge is -2.36. The van der Waals surface area contributed by atoms with Crippen LogP contribution in [-0.2, 0) is 4.79 Å². The number of allylic oxidation sites excluding steroid dienone is 4. The summed E-state index contributed by atoms with van der Waals surface area (Å²) in [7, 11) is 0. The van der Waals surface area contributed by atoms with Gasteiger partial charge in [-0.05, 0) is 42.6 Å². The minimum atomic E-state index is 0.336. The highest BCUT2D eigenvalue weighted by molar-refractivity contribution is 5.66. The van der Waals surface area contributed by atoms with E-state index in [4.69, 9.17) is 0 Å². The van der Waals surface area contributed by atoms with E-state index in [1.165, 1.54) is 12.0 Å². The van der Waals surface area contributed by atoms with Crippen LogP contribution in [0.25, 0.3) is 0 Å². The van der Waals surface area contributed by atoms with Gasteiger partial charge < -0.3 is 0 Å². The monoisotopic (exact) mass is 190 g/mol. The Kier molecular flexibility index (Phi) is 2.13. The SMILES string of the molecule is C/C(=C/C=O)C1C2C=CC(C2)C1(C)C. The number of fused-ring (bicyclic) bond motifs is 2. The molecule has 2 aliphatic carbocycles. The largest absolute Gasteiger partial charge is 0.299 e. The summed E-state index contributed by atoms with van der Waals surface area (Å²) in [5, 5.41) is 0. The molecular weight excluding hydrogens is 172 g/mol. The van der Waals surface area contributed by atoms with Gasteiger partial charge in [-0.15, -0.1) is 0 Å². The normalized spacial score (nSPS) is 39.1. The van der Waals surface area contributed by atoms with Crippen LogP contribution in [0.4, 0.5) is 0 Å². The molecule has 3 unspecified atom stereocenters. The Labute approximate surface area is 85.9 Å². The van der Waals surface area contributed by atoms with Crippen LogP contribution in [0.3, 0.4) is 0 Å². The molecule has 0 saturated heterocycles. The van der Waals surface area contributed by atoms with Crippen molar-refractivity contribution in [2.45, 2.75) is 27.2 Å². The molecule has 0 aromatic rings. The number of hydrogen-bond acceptors (Lipinski definition) is 1. The third kappa shape index (κ3) is 1.18. The predicted octanol–water partition coefficient (Wildman–Crippen LogP) is 2.98. The van der Waals surface area contributed by atoms with Crippen LogP contribution in [-0.4, -0.2) is 6.29 Å². The second kappa shape index (κ2) is 3.08. The number of rotatable bonds is 2. The molecule has 0 aliphatic heterocycles. The van der Waals surface area contributed by atoms with E-state index in [0.717, 1.165) is 6.29 Å². The molecule has 0 aromatic carbocycles. The van der Waals surface area contributed by atoms with Crippen molar-refractivity contribution in [1.82, 2.24) is 0 Å². The van der Waals surface area contributed by atoms with Crippen LogP contribution in [0.5, 0.6) is 0 Å². The third-order valence-corrected chi connectivity index (χ3v) is 4.12. The molecule has 1 heteroatoms. The van der Waals surface area contributed by atoms with Gasteiger partial charge in [0.15, 0.2) is 0 Å². The topological polar surface area (TPSA) is 17.1 Å². The molecule has 1 fully saturated rings. The molecule has 2 bridgehead atoms. The Bertz CT molecular complexity index is 309. The Morgan fingerprint density at radius 2 is 2.14 bits per heavy atom. The van der Waals surface area contributed by atoms with E-state index in [-0.39, 0.29) is 0 Å². The van der Waals surface area contributed by atoms with Crippen LogP contribution in [0.15, 0.2) is 23.8 Å². The molecule has 0 N–H and O–H groups in total. The fourth-order valence-corrected chi connectivity index (χ4v) is 3.44. The van der Waals surface area contributed by atoms with E-state index in [0.29, 0.717) is 23.2 Å². The first-order chi connectivity index (χ1) is 6.57. The Hall–Kier alpha value is -0.850. The van der Waals surface area contributed by atoms with Crippen LogP contribution in [0.2, 0.25) is 0 Å². The lowest BCUT2D eigenvalue weighted by Crippen LogP contribution is -2.29. The van der Waals surface area contributed by atoms with Gasteiger partial charge in [-0.3, -0.25) is 4.79 Å². The molecule has 76 valence electrons. The standard InChI is InChI=1S/C13H18O/c1-9(6-7-14)12-10-4-5-11(8-10)13(12,2)3/h4-7,10-12H,8H2,1-3H3/b9-6-. The average Bonchev–Trinajstić information content (AvgIpc) is 2.61. The van der Waals surface area contributed by atoms with Crippen LogP contribution in [0, 0.1) is 23.2 Å². The van der Waals surface area contributed by atoms with Gasteiger partial charge in [0.05, 0.1) is 0 Å². The van der Waals surface area contributed by atoms with Gasteiger partial charge in [0, 0.05) is 0 Å². The highest BCUT2D eigenvalue weighted by atomic mass is 16.1. The molecule has 0 aromatic heterocycles. The number of carbonyl (C=O) groups excluding carboxylic acids is 1. The van der Waals surface area contributed by atoms with Crippen LogP contribution < -0.4 is 0 Å². The van der Waals surface area contributed by atoms with Gasteiger partial charge in [0.1, 0.15) is 6.29 Å². The summed E-state index contributed by atoms with van der Waals surface area (Å²) in [4.78, 5) is 10.5. The summed E-state index contributed by atoms with van der Waals surface area (Å²) in [6, 6.07) is 0. The minimum absolute atomic E-state index is 0.336. The number of hydrogen-bond donors (Lipinski definition) is 0. The van der Waals surface area contributed by atoms with Gasteiger partial charge in [0.25, 0.3) is 0 Å². The zero-order valence-corrected chi connectivity index (χ0v) is 9.16. The van der Waals surface area contributed by atoms with Gasteiger partial charge in [-0.2, -0.15) is 0 Å². The molecule has 0 amide bonds. The lowest BCUT2D eigenvalue weighted by molar-refractivity contribution is -0.104. The number of aldehydes is 1. The highest BCUT2D eigenvalue weighted by Crippen LogP contribution is 2.58. The minimum Gasteiger partial charge on any atom is -0.299 e. The molecular formula is C13H18O. The molecule has 0 radical (unpaired) electrons. The quantitative estimate of drug-likeness (QED) is 0.371. The maximum Gasteiger partial charge on any atom is 0.142 e. The lowest BCUT2D eigenvalue weighted by atomic mass is 9.68. The zero-order chi connectivity index (χ0) is 10.3. The molecule has 1 saturated carbocycles. The fourth-order valence-electron chi connectivity index (χ4n) is 3.44. The first-order valence-corrected chi connectivity index (χ1v) is 5.37. The van der Waals surface area contributed by atoms with Crippen LogP contribution in [0.1, 0.15) is 27.2 Å². The molecule has 3 atom stereocenters. The predicted molar refractivity (Wildman–Crippen MR) is 57.8 cm³/mol. The van der Waals surface area contributed by atoms with Crippen molar-refractivity contribution in [3.05, 3.63) is 23.8 Å². The van der Waals surface area contributed by atoms with Crippen molar-refractivity contribution in [1.29, 1.82) is 0 Å². The fraction of sp³-hybridized carbons (Fsp3) is 0.615. The summed E-state index contributed by atoms with van der Waals surface area (Å²) < 4.78 is 0. The maximum atomic E-state index is 10.5. The first kappa shape index (κ1) is 9.70. The zero-order valence-electron chi connectivity index (χ0n) is 9.16. The van der Waals surface area contributed by atoms with Crippen LogP contribution >= 0.6 is 0 Å². The van der Waals surface area contributed by atoms with Gasteiger partial charge in [-0.1, -0.05) is 31.6 Å². The maximum absolute atomic E-state index is 10.5.